The Bertz CT molecular complexity index is 780. The highest BCUT2D eigenvalue weighted by molar-refractivity contribution is 7.90. The van der Waals surface area contributed by atoms with Crippen molar-refractivity contribution in [3.8, 4) is 5.75 Å². The van der Waals surface area contributed by atoms with Gasteiger partial charge < -0.3 is 9.84 Å². The first-order valence-corrected chi connectivity index (χ1v) is 8.42. The van der Waals surface area contributed by atoms with Crippen molar-refractivity contribution in [1.82, 2.24) is 4.98 Å². The van der Waals surface area contributed by atoms with Crippen molar-refractivity contribution in [2.45, 2.75) is 17.6 Å². The van der Waals surface area contributed by atoms with Gasteiger partial charge in [-0.2, -0.15) is 0 Å². The van der Waals surface area contributed by atoms with Crippen molar-refractivity contribution < 1.29 is 23.1 Å². The molecule has 0 spiro atoms. The van der Waals surface area contributed by atoms with Crippen LogP contribution in [-0.2, 0) is 15.6 Å². The van der Waals surface area contributed by atoms with Gasteiger partial charge >= 0.3 is 5.97 Å². The fourth-order valence-corrected chi connectivity index (χ4v) is 3.80. The van der Waals surface area contributed by atoms with Gasteiger partial charge in [0.1, 0.15) is 11.3 Å². The standard InChI is InChI=1S/C13H13NO5S2/c1-8-14-9(6-20-8)7-21(17,18)10-3-4-12(19-2)11(5-10)13(15)16/h3-6H,7H2,1-2H3,(H,15,16). The SMILES string of the molecule is COc1ccc(S(=O)(=O)Cc2csc(C)n2)cc1C(=O)O. The Hall–Kier alpha value is -1.93. The molecule has 21 heavy (non-hydrogen) atoms. The average Bonchev–Trinajstić information content (AvgIpc) is 2.82. The van der Waals surface area contributed by atoms with E-state index < -0.39 is 15.8 Å². The Kier molecular flexibility index (Phi) is 4.29. The van der Waals surface area contributed by atoms with E-state index in [0.29, 0.717) is 5.69 Å². The molecule has 0 aliphatic rings. The first kappa shape index (κ1) is 15.5. The van der Waals surface area contributed by atoms with Gasteiger partial charge in [0.2, 0.25) is 0 Å². The number of benzene rings is 1. The van der Waals surface area contributed by atoms with Crippen LogP contribution in [0.1, 0.15) is 21.1 Å². The summed E-state index contributed by atoms with van der Waals surface area (Å²) < 4.78 is 29.5. The number of carbonyl (C=O) groups is 1. The number of hydrogen-bond donors (Lipinski definition) is 1. The van der Waals surface area contributed by atoms with Crippen LogP contribution in [-0.4, -0.2) is 31.6 Å². The molecule has 1 N–H and O–H groups in total. The molecule has 1 aromatic carbocycles. The zero-order chi connectivity index (χ0) is 15.6. The van der Waals surface area contributed by atoms with Crippen LogP contribution in [0.15, 0.2) is 28.5 Å². The smallest absolute Gasteiger partial charge is 0.339 e. The zero-order valence-corrected chi connectivity index (χ0v) is 13.0. The van der Waals surface area contributed by atoms with Gasteiger partial charge in [0.25, 0.3) is 0 Å². The van der Waals surface area contributed by atoms with E-state index in [-0.39, 0.29) is 22.0 Å². The van der Waals surface area contributed by atoms with E-state index in [1.54, 1.807) is 12.3 Å². The Balaban J connectivity index is 2.40. The van der Waals surface area contributed by atoms with Gasteiger partial charge in [0.15, 0.2) is 9.84 Å². The van der Waals surface area contributed by atoms with Crippen molar-refractivity contribution >= 4 is 27.1 Å². The normalized spacial score (nSPS) is 11.3. The summed E-state index contributed by atoms with van der Waals surface area (Å²) in [5.41, 5.74) is 0.262. The molecule has 0 amide bonds. The largest absolute Gasteiger partial charge is 0.496 e. The van der Waals surface area contributed by atoms with E-state index in [0.717, 1.165) is 11.1 Å². The molecule has 0 aliphatic carbocycles. The van der Waals surface area contributed by atoms with E-state index in [1.165, 1.54) is 30.6 Å². The summed E-state index contributed by atoms with van der Waals surface area (Å²) >= 11 is 1.36. The van der Waals surface area contributed by atoms with E-state index in [4.69, 9.17) is 9.84 Å². The molecule has 0 saturated heterocycles. The molecule has 1 aromatic heterocycles. The Morgan fingerprint density at radius 1 is 1.43 bits per heavy atom. The van der Waals surface area contributed by atoms with Gasteiger partial charge in [0, 0.05) is 5.38 Å². The third kappa shape index (κ3) is 3.40. The highest BCUT2D eigenvalue weighted by Crippen LogP contribution is 2.25. The minimum Gasteiger partial charge on any atom is -0.496 e. The molecule has 2 rings (SSSR count). The Morgan fingerprint density at radius 2 is 2.14 bits per heavy atom. The number of carboxylic acids is 1. The van der Waals surface area contributed by atoms with E-state index >= 15 is 0 Å². The fraction of sp³-hybridized carbons (Fsp3) is 0.231. The number of nitrogens with zero attached hydrogens (tertiary/aromatic N) is 1. The van der Waals surface area contributed by atoms with Gasteiger partial charge in [-0.15, -0.1) is 11.3 Å². The zero-order valence-electron chi connectivity index (χ0n) is 11.4. The molecule has 112 valence electrons. The van der Waals surface area contributed by atoms with Gasteiger partial charge in [-0.25, -0.2) is 18.2 Å². The molecule has 6 nitrogen and oxygen atoms in total. The third-order valence-electron chi connectivity index (χ3n) is 2.76. The number of aryl methyl sites for hydroxylation is 1. The van der Waals surface area contributed by atoms with E-state index in [2.05, 4.69) is 4.98 Å². The number of carboxylic acid groups (broad SMARTS) is 1. The van der Waals surface area contributed by atoms with E-state index in [1.807, 2.05) is 0 Å². The molecule has 0 aliphatic heterocycles. The van der Waals surface area contributed by atoms with Crippen LogP contribution in [0.25, 0.3) is 0 Å². The lowest BCUT2D eigenvalue weighted by molar-refractivity contribution is 0.0693. The summed E-state index contributed by atoms with van der Waals surface area (Å²) in [5, 5.41) is 11.5. The number of ether oxygens (including phenoxy) is 1. The lowest BCUT2D eigenvalue weighted by Gasteiger charge is -2.08. The summed E-state index contributed by atoms with van der Waals surface area (Å²) in [6.07, 6.45) is 0. The monoisotopic (exact) mass is 327 g/mol. The molecule has 0 bridgehead atoms. The molecular formula is C13H13NO5S2. The summed E-state index contributed by atoms with van der Waals surface area (Å²) in [5.74, 6) is -1.39. The summed E-state index contributed by atoms with van der Waals surface area (Å²) in [4.78, 5) is 15.2. The number of methoxy groups -OCH3 is 1. The second kappa shape index (κ2) is 5.82. The molecule has 2 aromatic rings. The highest BCUT2D eigenvalue weighted by atomic mass is 32.2. The number of aromatic nitrogens is 1. The Labute approximate surface area is 126 Å². The van der Waals surface area contributed by atoms with Gasteiger partial charge in [-0.1, -0.05) is 0 Å². The van der Waals surface area contributed by atoms with Crippen molar-refractivity contribution in [2.75, 3.05) is 7.11 Å². The predicted octanol–water partition coefficient (Wildman–Crippen LogP) is 2.13. The maximum atomic E-state index is 12.3. The lowest BCUT2D eigenvalue weighted by atomic mass is 10.2. The number of hydrogen-bond acceptors (Lipinski definition) is 6. The first-order chi connectivity index (χ1) is 9.83. The number of thiazole rings is 1. The topological polar surface area (TPSA) is 93.6 Å². The Morgan fingerprint density at radius 3 is 2.67 bits per heavy atom. The number of aromatic carboxylic acids is 1. The number of rotatable bonds is 5. The van der Waals surface area contributed by atoms with Gasteiger partial charge in [0.05, 0.1) is 28.5 Å². The fourth-order valence-electron chi connectivity index (χ4n) is 1.80. The van der Waals surface area contributed by atoms with Crippen LogP contribution in [0.3, 0.4) is 0 Å². The summed E-state index contributed by atoms with van der Waals surface area (Å²) in [7, 11) is -2.33. The van der Waals surface area contributed by atoms with Crippen LogP contribution in [0, 0.1) is 6.92 Å². The maximum absolute atomic E-state index is 12.3. The molecule has 0 saturated carbocycles. The summed E-state index contributed by atoms with van der Waals surface area (Å²) in [6.45, 7) is 1.79. The maximum Gasteiger partial charge on any atom is 0.339 e. The molecule has 0 atom stereocenters. The van der Waals surface area contributed by atoms with Gasteiger partial charge in [-0.3, -0.25) is 0 Å². The second-order valence-electron chi connectivity index (χ2n) is 4.28. The van der Waals surface area contributed by atoms with Crippen molar-refractivity contribution in [3.63, 3.8) is 0 Å². The quantitative estimate of drug-likeness (QED) is 0.904. The molecule has 8 heteroatoms. The number of sulfone groups is 1. The average molecular weight is 327 g/mol. The first-order valence-electron chi connectivity index (χ1n) is 5.88. The van der Waals surface area contributed by atoms with Crippen LogP contribution in [0.4, 0.5) is 0 Å². The van der Waals surface area contributed by atoms with Gasteiger partial charge in [-0.05, 0) is 25.1 Å². The molecule has 0 radical (unpaired) electrons. The molecule has 0 fully saturated rings. The minimum atomic E-state index is -3.66. The lowest BCUT2D eigenvalue weighted by Crippen LogP contribution is -2.08. The molecule has 1 heterocycles. The van der Waals surface area contributed by atoms with Crippen LogP contribution >= 0.6 is 11.3 Å². The minimum absolute atomic E-state index is 0.0636. The predicted molar refractivity (Wildman–Crippen MR) is 77.7 cm³/mol. The van der Waals surface area contributed by atoms with E-state index in [9.17, 15) is 13.2 Å². The molecular weight excluding hydrogens is 314 g/mol. The molecule has 0 unspecified atom stereocenters. The van der Waals surface area contributed by atoms with Crippen LogP contribution in [0.5, 0.6) is 5.75 Å². The van der Waals surface area contributed by atoms with Crippen molar-refractivity contribution in [3.05, 3.63) is 39.8 Å². The van der Waals surface area contributed by atoms with Crippen molar-refractivity contribution in [2.24, 2.45) is 0 Å². The van der Waals surface area contributed by atoms with Crippen LogP contribution in [0.2, 0.25) is 0 Å². The third-order valence-corrected chi connectivity index (χ3v) is 5.24. The highest BCUT2D eigenvalue weighted by Gasteiger charge is 2.21. The second-order valence-corrected chi connectivity index (χ2v) is 7.34. The van der Waals surface area contributed by atoms with Crippen LogP contribution < -0.4 is 4.74 Å². The van der Waals surface area contributed by atoms with Crippen molar-refractivity contribution in [1.29, 1.82) is 0 Å². The summed E-state index contributed by atoms with van der Waals surface area (Å²) in [6, 6.07) is 3.78.